The minimum Gasteiger partial charge on any atom is -0.497 e. The van der Waals surface area contributed by atoms with Gasteiger partial charge in [-0.05, 0) is 65.0 Å². The summed E-state index contributed by atoms with van der Waals surface area (Å²) in [5.74, 6) is 1.34. The number of ether oxygens (including phenoxy) is 1. The van der Waals surface area contributed by atoms with Gasteiger partial charge in [-0.1, -0.05) is 37.5 Å². The molecule has 0 radical (unpaired) electrons. The number of benzene rings is 1. The van der Waals surface area contributed by atoms with Crippen LogP contribution in [0.15, 0.2) is 42.0 Å². The Morgan fingerprint density at radius 3 is 2.36 bits per heavy atom. The Bertz CT molecular complexity index is 564. The molecule has 0 aromatic heterocycles. The molecule has 1 saturated carbocycles. The van der Waals surface area contributed by atoms with Crippen LogP contribution in [0.25, 0.3) is 4.48 Å². The quantitative estimate of drug-likeness (QED) is 0.508. The predicted molar refractivity (Wildman–Crippen MR) is 95.2 cm³/mol. The van der Waals surface area contributed by atoms with Crippen LogP contribution in [0, 0.1) is 5.92 Å². The molecule has 0 bridgehead atoms. The molecule has 0 unspecified atom stereocenters. The Hall–Kier alpha value is -1.35. The highest BCUT2D eigenvalue weighted by Gasteiger charge is 2.18. The average molecular weight is 363 g/mol. The lowest BCUT2D eigenvalue weighted by molar-refractivity contribution is -0.119. The summed E-state index contributed by atoms with van der Waals surface area (Å²) in [7, 11) is 1.66. The van der Waals surface area contributed by atoms with E-state index in [1.165, 1.54) is 19.3 Å². The van der Waals surface area contributed by atoms with Crippen LogP contribution < -0.4 is 4.74 Å². The number of carbonyl (C=O) groups excluding carboxylic acids is 1. The summed E-state index contributed by atoms with van der Waals surface area (Å²) in [6, 6.07) is 7.87. The largest absolute Gasteiger partial charge is 0.497 e. The first kappa shape index (κ1) is 17.0. The number of methoxy groups -OCH3 is 1. The van der Waals surface area contributed by atoms with Crippen LogP contribution in [0.5, 0.6) is 5.75 Å². The van der Waals surface area contributed by atoms with Crippen LogP contribution in [0.1, 0.15) is 44.6 Å². The SMILES string of the molecule is COc1ccc(/C(Br)=C(C)/C=C/C(=O)C2CCCCC2)cc1. The molecule has 2 nitrogen and oxygen atoms in total. The van der Waals surface area contributed by atoms with Gasteiger partial charge in [0.05, 0.1) is 7.11 Å². The summed E-state index contributed by atoms with van der Waals surface area (Å²) in [6.07, 6.45) is 9.41. The van der Waals surface area contributed by atoms with E-state index in [1.54, 1.807) is 13.2 Å². The molecule has 3 heteroatoms. The third kappa shape index (κ3) is 4.57. The first-order valence-corrected chi connectivity index (χ1v) is 8.64. The van der Waals surface area contributed by atoms with Crippen LogP contribution in [0.2, 0.25) is 0 Å². The fraction of sp³-hybridized carbons (Fsp3) is 0.421. The van der Waals surface area contributed by atoms with Crippen LogP contribution in [-0.4, -0.2) is 12.9 Å². The number of halogens is 1. The second-order valence-electron chi connectivity index (χ2n) is 5.80. The minimum atomic E-state index is 0.234. The molecule has 0 atom stereocenters. The van der Waals surface area contributed by atoms with E-state index in [-0.39, 0.29) is 11.7 Å². The van der Waals surface area contributed by atoms with E-state index in [9.17, 15) is 4.79 Å². The van der Waals surface area contributed by atoms with E-state index in [1.807, 2.05) is 37.3 Å². The van der Waals surface area contributed by atoms with E-state index >= 15 is 0 Å². The van der Waals surface area contributed by atoms with Gasteiger partial charge in [0.1, 0.15) is 5.75 Å². The van der Waals surface area contributed by atoms with Crippen molar-refractivity contribution >= 4 is 26.2 Å². The predicted octanol–water partition coefficient (Wildman–Crippen LogP) is 5.53. The highest BCUT2D eigenvalue weighted by Crippen LogP contribution is 2.28. The van der Waals surface area contributed by atoms with Crippen molar-refractivity contribution in [2.24, 2.45) is 5.92 Å². The molecule has 22 heavy (non-hydrogen) atoms. The van der Waals surface area contributed by atoms with Crippen molar-refractivity contribution in [1.29, 1.82) is 0 Å². The maximum Gasteiger partial charge on any atom is 0.158 e. The van der Waals surface area contributed by atoms with Crippen molar-refractivity contribution in [3.8, 4) is 5.75 Å². The molecule has 0 aliphatic heterocycles. The lowest BCUT2D eigenvalue weighted by Gasteiger charge is -2.18. The summed E-state index contributed by atoms with van der Waals surface area (Å²) < 4.78 is 6.17. The molecule has 0 heterocycles. The van der Waals surface area contributed by atoms with Crippen molar-refractivity contribution < 1.29 is 9.53 Å². The fourth-order valence-corrected chi connectivity index (χ4v) is 3.17. The Kier molecular flexibility index (Phi) is 6.44. The number of hydrogen-bond donors (Lipinski definition) is 0. The van der Waals surface area contributed by atoms with Gasteiger partial charge in [-0.25, -0.2) is 0 Å². The maximum atomic E-state index is 12.2. The third-order valence-electron chi connectivity index (χ3n) is 4.19. The molecule has 0 spiro atoms. The molecule has 118 valence electrons. The summed E-state index contributed by atoms with van der Waals surface area (Å²) in [5, 5.41) is 0. The Balaban J connectivity index is 2.05. The number of carbonyl (C=O) groups is 1. The van der Waals surface area contributed by atoms with Crippen molar-refractivity contribution in [2.45, 2.75) is 39.0 Å². The minimum absolute atomic E-state index is 0.234. The molecule has 0 saturated heterocycles. The normalized spacial score (nSPS) is 17.4. The second-order valence-corrected chi connectivity index (χ2v) is 6.59. The first-order valence-electron chi connectivity index (χ1n) is 7.84. The zero-order valence-corrected chi connectivity index (χ0v) is 14.9. The number of allylic oxidation sites excluding steroid dienone is 3. The Morgan fingerprint density at radius 1 is 1.14 bits per heavy atom. The third-order valence-corrected chi connectivity index (χ3v) is 5.28. The summed E-state index contributed by atoms with van der Waals surface area (Å²) >= 11 is 3.62. The van der Waals surface area contributed by atoms with Gasteiger partial charge < -0.3 is 4.74 Å². The van der Waals surface area contributed by atoms with Crippen LogP contribution in [0.4, 0.5) is 0 Å². The lowest BCUT2D eigenvalue weighted by Crippen LogP contribution is -2.15. The topological polar surface area (TPSA) is 26.3 Å². The second kappa shape index (κ2) is 8.33. The molecule has 0 N–H and O–H groups in total. The van der Waals surface area contributed by atoms with Gasteiger partial charge in [0.25, 0.3) is 0 Å². The van der Waals surface area contributed by atoms with Crippen LogP contribution in [0.3, 0.4) is 0 Å². The molecule has 1 aliphatic carbocycles. The van der Waals surface area contributed by atoms with Crippen molar-refractivity contribution in [1.82, 2.24) is 0 Å². The zero-order valence-electron chi connectivity index (χ0n) is 13.3. The van der Waals surface area contributed by atoms with E-state index in [2.05, 4.69) is 15.9 Å². The van der Waals surface area contributed by atoms with E-state index in [0.29, 0.717) is 0 Å². The van der Waals surface area contributed by atoms with Gasteiger partial charge in [0.15, 0.2) is 5.78 Å². The molecule has 2 rings (SSSR count). The highest BCUT2D eigenvalue weighted by molar-refractivity contribution is 9.15. The Labute approximate surface area is 141 Å². The molecular weight excluding hydrogens is 340 g/mol. The number of rotatable bonds is 5. The number of hydrogen-bond acceptors (Lipinski definition) is 2. The zero-order chi connectivity index (χ0) is 15.9. The average Bonchev–Trinajstić information content (AvgIpc) is 2.59. The van der Waals surface area contributed by atoms with Crippen molar-refractivity contribution in [3.63, 3.8) is 0 Å². The number of ketones is 1. The summed E-state index contributed by atoms with van der Waals surface area (Å²) in [4.78, 5) is 12.2. The van der Waals surface area contributed by atoms with Crippen LogP contribution in [-0.2, 0) is 4.79 Å². The highest BCUT2D eigenvalue weighted by atomic mass is 79.9. The smallest absolute Gasteiger partial charge is 0.158 e. The van der Waals surface area contributed by atoms with Crippen molar-refractivity contribution in [3.05, 3.63) is 47.6 Å². The molecule has 1 aromatic carbocycles. The molecule has 1 aromatic rings. The van der Waals surface area contributed by atoms with E-state index in [0.717, 1.165) is 34.2 Å². The molecule has 1 aliphatic rings. The molecule has 0 amide bonds. The van der Waals surface area contributed by atoms with Gasteiger partial charge in [-0.2, -0.15) is 0 Å². The lowest BCUT2D eigenvalue weighted by atomic mass is 9.86. The Morgan fingerprint density at radius 2 is 1.77 bits per heavy atom. The van der Waals surface area contributed by atoms with Gasteiger partial charge in [0.2, 0.25) is 0 Å². The van der Waals surface area contributed by atoms with Crippen LogP contribution >= 0.6 is 15.9 Å². The summed E-state index contributed by atoms with van der Waals surface area (Å²) in [5.41, 5.74) is 2.13. The first-order chi connectivity index (χ1) is 10.6. The van der Waals surface area contributed by atoms with Crippen molar-refractivity contribution in [2.75, 3.05) is 7.11 Å². The van der Waals surface area contributed by atoms with Gasteiger partial charge in [-0.15, -0.1) is 0 Å². The monoisotopic (exact) mass is 362 g/mol. The van der Waals surface area contributed by atoms with E-state index < -0.39 is 0 Å². The maximum absolute atomic E-state index is 12.2. The van der Waals surface area contributed by atoms with Gasteiger partial charge in [0, 0.05) is 10.4 Å². The molecule has 1 fully saturated rings. The van der Waals surface area contributed by atoms with E-state index in [4.69, 9.17) is 4.74 Å². The standard InChI is InChI=1S/C19H23BrO2/c1-14(8-13-18(21)15-6-4-3-5-7-15)19(20)16-9-11-17(22-2)12-10-16/h8-13,15H,3-7H2,1-2H3/b13-8+,19-14-. The van der Waals surface area contributed by atoms with Gasteiger partial charge in [-0.3, -0.25) is 4.79 Å². The fourth-order valence-electron chi connectivity index (χ4n) is 2.77. The van der Waals surface area contributed by atoms with Gasteiger partial charge >= 0.3 is 0 Å². The summed E-state index contributed by atoms with van der Waals surface area (Å²) in [6.45, 7) is 2.01. The molecular formula is C19H23BrO2.